The minimum Gasteiger partial charge on any atom is -0.340 e. The van der Waals surface area contributed by atoms with Crippen LogP contribution in [0.3, 0.4) is 0 Å². The van der Waals surface area contributed by atoms with Gasteiger partial charge in [-0.15, -0.1) is 0 Å². The quantitative estimate of drug-likeness (QED) is 0.806. The average molecular weight is 365 g/mol. The van der Waals surface area contributed by atoms with Crippen LogP contribution in [0.5, 0.6) is 0 Å². The highest BCUT2D eigenvalue weighted by Crippen LogP contribution is 2.26. The summed E-state index contributed by atoms with van der Waals surface area (Å²) in [5.41, 5.74) is 2.45. The molecule has 3 rings (SSSR count). The van der Waals surface area contributed by atoms with Crippen molar-refractivity contribution in [1.29, 1.82) is 0 Å². The molecule has 0 saturated carbocycles. The second-order valence-electron chi connectivity index (χ2n) is 7.50. The van der Waals surface area contributed by atoms with Gasteiger partial charge in [0.15, 0.2) is 0 Å². The van der Waals surface area contributed by atoms with Crippen LogP contribution in [0, 0.1) is 5.92 Å². The molecular weight excluding hydrogens is 336 g/mol. The number of sulfonamides is 1. The molecule has 0 bridgehead atoms. The lowest BCUT2D eigenvalue weighted by molar-refractivity contribution is -0.132. The van der Waals surface area contributed by atoms with Crippen molar-refractivity contribution in [3.63, 3.8) is 0 Å². The molecule has 1 fully saturated rings. The van der Waals surface area contributed by atoms with Crippen molar-refractivity contribution in [2.75, 3.05) is 26.2 Å². The van der Waals surface area contributed by atoms with Crippen LogP contribution in [0.2, 0.25) is 0 Å². The first-order valence-electron chi connectivity index (χ1n) is 9.27. The van der Waals surface area contributed by atoms with E-state index in [0.29, 0.717) is 43.4 Å². The molecule has 1 aromatic rings. The molecule has 5 nitrogen and oxygen atoms in total. The van der Waals surface area contributed by atoms with Gasteiger partial charge in [-0.1, -0.05) is 19.9 Å². The van der Waals surface area contributed by atoms with Gasteiger partial charge in [-0.25, -0.2) is 8.42 Å². The summed E-state index contributed by atoms with van der Waals surface area (Å²) in [6, 6.07) is 5.54. The minimum absolute atomic E-state index is 0.142. The largest absolute Gasteiger partial charge is 0.340 e. The number of rotatable bonds is 5. The third kappa shape index (κ3) is 4.06. The number of aryl methyl sites for hydroxylation is 2. The van der Waals surface area contributed by atoms with Crippen LogP contribution in [0.4, 0.5) is 0 Å². The number of carbonyl (C=O) groups is 1. The molecule has 1 aliphatic heterocycles. The molecule has 1 saturated heterocycles. The fraction of sp³-hybridized carbons (Fsp3) is 0.632. The summed E-state index contributed by atoms with van der Waals surface area (Å²) < 4.78 is 27.3. The molecule has 0 unspecified atom stereocenters. The summed E-state index contributed by atoms with van der Waals surface area (Å²) in [7, 11) is -3.46. The van der Waals surface area contributed by atoms with E-state index in [0.717, 1.165) is 25.7 Å². The SMILES string of the molecule is CC(C)CCC(=O)N1CCN(S(=O)(=O)c2ccc3c(c2)CCC3)CC1. The Bertz CT molecular complexity index is 735. The van der Waals surface area contributed by atoms with Crippen LogP contribution in [0.25, 0.3) is 0 Å². The van der Waals surface area contributed by atoms with E-state index in [-0.39, 0.29) is 5.91 Å². The van der Waals surface area contributed by atoms with Crippen molar-refractivity contribution >= 4 is 15.9 Å². The van der Waals surface area contributed by atoms with E-state index in [1.54, 1.807) is 11.0 Å². The van der Waals surface area contributed by atoms with Crippen molar-refractivity contribution < 1.29 is 13.2 Å². The first-order valence-corrected chi connectivity index (χ1v) is 10.7. The van der Waals surface area contributed by atoms with Crippen molar-refractivity contribution in [3.8, 4) is 0 Å². The highest BCUT2D eigenvalue weighted by atomic mass is 32.2. The third-order valence-corrected chi connectivity index (χ3v) is 7.13. The monoisotopic (exact) mass is 364 g/mol. The summed E-state index contributed by atoms with van der Waals surface area (Å²) in [4.78, 5) is 14.4. The normalized spacial score (nSPS) is 18.6. The van der Waals surface area contributed by atoms with E-state index in [9.17, 15) is 13.2 Å². The zero-order chi connectivity index (χ0) is 18.0. The number of hydrogen-bond acceptors (Lipinski definition) is 3. The summed E-state index contributed by atoms with van der Waals surface area (Å²) in [6.07, 6.45) is 4.56. The molecule has 1 heterocycles. The maximum absolute atomic E-state index is 12.9. The molecule has 0 N–H and O–H groups in total. The maximum atomic E-state index is 12.9. The van der Waals surface area contributed by atoms with Gasteiger partial charge in [0, 0.05) is 32.6 Å². The number of carbonyl (C=O) groups excluding carboxylic acids is 1. The fourth-order valence-corrected chi connectivity index (χ4v) is 5.08. The van der Waals surface area contributed by atoms with E-state index in [4.69, 9.17) is 0 Å². The second kappa shape index (κ2) is 7.46. The zero-order valence-corrected chi connectivity index (χ0v) is 16.0. The van der Waals surface area contributed by atoms with Crippen LogP contribution in [-0.4, -0.2) is 49.7 Å². The van der Waals surface area contributed by atoms with Gasteiger partial charge in [0.25, 0.3) is 0 Å². The van der Waals surface area contributed by atoms with E-state index >= 15 is 0 Å². The molecule has 25 heavy (non-hydrogen) atoms. The molecule has 0 spiro atoms. The number of hydrogen-bond donors (Lipinski definition) is 0. The number of nitrogens with zero attached hydrogens (tertiary/aromatic N) is 2. The molecule has 6 heteroatoms. The molecule has 0 atom stereocenters. The van der Waals surface area contributed by atoms with Crippen molar-refractivity contribution in [3.05, 3.63) is 29.3 Å². The number of piperazine rings is 1. The van der Waals surface area contributed by atoms with Gasteiger partial charge in [-0.05, 0) is 54.9 Å². The standard InChI is InChI=1S/C19H28N2O3S/c1-15(2)6-9-19(22)20-10-12-21(13-11-20)25(23,24)18-8-7-16-4-3-5-17(16)14-18/h7-8,14-15H,3-6,9-13H2,1-2H3. The number of benzene rings is 1. The van der Waals surface area contributed by atoms with Crippen LogP contribution in [-0.2, 0) is 27.7 Å². The van der Waals surface area contributed by atoms with Gasteiger partial charge in [-0.3, -0.25) is 4.79 Å². The van der Waals surface area contributed by atoms with Gasteiger partial charge < -0.3 is 4.90 Å². The summed E-state index contributed by atoms with van der Waals surface area (Å²) >= 11 is 0. The zero-order valence-electron chi connectivity index (χ0n) is 15.2. The molecule has 0 aromatic heterocycles. The summed E-state index contributed by atoms with van der Waals surface area (Å²) in [6.45, 7) is 5.95. The topological polar surface area (TPSA) is 57.7 Å². The smallest absolute Gasteiger partial charge is 0.243 e. The number of amides is 1. The van der Waals surface area contributed by atoms with E-state index in [2.05, 4.69) is 13.8 Å². The summed E-state index contributed by atoms with van der Waals surface area (Å²) in [5, 5.41) is 0. The Hall–Kier alpha value is -1.40. The lowest BCUT2D eigenvalue weighted by Crippen LogP contribution is -2.50. The Labute approximate surface area is 151 Å². The van der Waals surface area contributed by atoms with E-state index in [1.807, 2.05) is 12.1 Å². The van der Waals surface area contributed by atoms with Gasteiger partial charge >= 0.3 is 0 Å². The molecule has 138 valence electrons. The van der Waals surface area contributed by atoms with Crippen LogP contribution < -0.4 is 0 Å². The average Bonchev–Trinajstić information content (AvgIpc) is 3.07. The fourth-order valence-electron chi connectivity index (χ4n) is 3.61. The lowest BCUT2D eigenvalue weighted by atomic mass is 10.1. The van der Waals surface area contributed by atoms with Gasteiger partial charge in [0.2, 0.25) is 15.9 Å². The summed E-state index contributed by atoms with van der Waals surface area (Å²) in [5.74, 6) is 0.647. The Kier molecular flexibility index (Phi) is 5.49. The van der Waals surface area contributed by atoms with Crippen molar-refractivity contribution in [2.24, 2.45) is 5.92 Å². The van der Waals surface area contributed by atoms with Crippen LogP contribution in [0.1, 0.15) is 44.2 Å². The third-order valence-electron chi connectivity index (χ3n) is 5.23. The first-order chi connectivity index (χ1) is 11.9. The van der Waals surface area contributed by atoms with Crippen molar-refractivity contribution in [1.82, 2.24) is 9.21 Å². The second-order valence-corrected chi connectivity index (χ2v) is 9.44. The van der Waals surface area contributed by atoms with E-state index in [1.165, 1.54) is 15.4 Å². The van der Waals surface area contributed by atoms with Gasteiger partial charge in [0.05, 0.1) is 4.90 Å². The Morgan fingerprint density at radius 2 is 1.76 bits per heavy atom. The predicted molar refractivity (Wildman–Crippen MR) is 97.9 cm³/mol. The number of fused-ring (bicyclic) bond motifs is 1. The molecule has 1 aromatic carbocycles. The molecule has 1 amide bonds. The van der Waals surface area contributed by atoms with E-state index < -0.39 is 10.0 Å². The molecule has 1 aliphatic carbocycles. The maximum Gasteiger partial charge on any atom is 0.243 e. The minimum atomic E-state index is -3.46. The highest BCUT2D eigenvalue weighted by Gasteiger charge is 2.30. The molecular formula is C19H28N2O3S. The molecule has 0 radical (unpaired) electrons. The van der Waals surface area contributed by atoms with Crippen molar-refractivity contribution in [2.45, 2.75) is 50.8 Å². The van der Waals surface area contributed by atoms with Gasteiger partial charge in [-0.2, -0.15) is 4.31 Å². The van der Waals surface area contributed by atoms with Gasteiger partial charge in [0.1, 0.15) is 0 Å². The molecule has 2 aliphatic rings. The Morgan fingerprint density at radius 3 is 2.44 bits per heavy atom. The van der Waals surface area contributed by atoms with Crippen LogP contribution in [0.15, 0.2) is 23.1 Å². The first kappa shape index (κ1) is 18.4. The predicted octanol–water partition coefficient (Wildman–Crippen LogP) is 2.44. The highest BCUT2D eigenvalue weighted by molar-refractivity contribution is 7.89. The van der Waals surface area contributed by atoms with Crippen LogP contribution >= 0.6 is 0 Å². The lowest BCUT2D eigenvalue weighted by Gasteiger charge is -2.34. The Balaban J connectivity index is 1.63. The Morgan fingerprint density at radius 1 is 1.08 bits per heavy atom.